The van der Waals surface area contributed by atoms with E-state index in [1.54, 1.807) is 30.3 Å². The van der Waals surface area contributed by atoms with Gasteiger partial charge in [-0.15, -0.1) is 0 Å². The van der Waals surface area contributed by atoms with E-state index in [0.29, 0.717) is 40.3 Å². The number of halogens is 1. The number of rotatable bonds is 3. The molecule has 4 aromatic rings. The number of phenolic OH excluding ortho intramolecular Hbond substituents is 1. The summed E-state index contributed by atoms with van der Waals surface area (Å²) in [5, 5.41) is 11.9. The molecule has 1 fully saturated rings. The Morgan fingerprint density at radius 3 is 2.72 bits per heavy atom. The van der Waals surface area contributed by atoms with Crippen LogP contribution in [0.5, 0.6) is 5.75 Å². The molecule has 0 unspecified atom stereocenters. The summed E-state index contributed by atoms with van der Waals surface area (Å²) >= 11 is 3.44. The minimum Gasteiger partial charge on any atom is -0.507 e. The molecule has 1 N–H and O–H groups in total. The molecule has 32 heavy (non-hydrogen) atoms. The molecule has 5 rings (SSSR count). The fourth-order valence-corrected chi connectivity index (χ4v) is 4.90. The summed E-state index contributed by atoms with van der Waals surface area (Å²) in [6, 6.07) is 12.0. The molecule has 164 valence electrons. The van der Waals surface area contributed by atoms with Crippen LogP contribution in [0.15, 0.2) is 65.4 Å². The summed E-state index contributed by atoms with van der Waals surface area (Å²) in [5.74, 6) is 0.0741. The highest BCUT2D eigenvalue weighted by Crippen LogP contribution is 2.35. The quantitative estimate of drug-likeness (QED) is 0.382. The van der Waals surface area contributed by atoms with Crippen molar-refractivity contribution < 1.29 is 13.9 Å². The topological polar surface area (TPSA) is 83.9 Å². The second-order valence-electron chi connectivity index (χ2n) is 8.36. The number of phenols is 1. The van der Waals surface area contributed by atoms with Gasteiger partial charge in [-0.3, -0.25) is 4.90 Å². The number of likely N-dealkylation sites (tertiary alicyclic amines) is 1. The summed E-state index contributed by atoms with van der Waals surface area (Å²) in [4.78, 5) is 27.6. The Labute approximate surface area is 192 Å². The first kappa shape index (κ1) is 21.0. The average molecular weight is 496 g/mol. The Morgan fingerprint density at radius 1 is 1.06 bits per heavy atom. The van der Waals surface area contributed by atoms with Crippen LogP contribution < -0.4 is 11.3 Å². The van der Waals surface area contributed by atoms with Gasteiger partial charge >= 0.3 is 11.3 Å². The van der Waals surface area contributed by atoms with Crippen LogP contribution in [0.3, 0.4) is 0 Å². The van der Waals surface area contributed by atoms with Gasteiger partial charge in [0.1, 0.15) is 16.9 Å². The van der Waals surface area contributed by atoms with Crippen LogP contribution >= 0.6 is 15.9 Å². The third-order valence-electron chi connectivity index (χ3n) is 6.28. The van der Waals surface area contributed by atoms with Gasteiger partial charge in [0, 0.05) is 39.5 Å². The lowest BCUT2D eigenvalue weighted by Gasteiger charge is -2.33. The van der Waals surface area contributed by atoms with Gasteiger partial charge in [0.15, 0.2) is 0 Å². The van der Waals surface area contributed by atoms with Crippen LogP contribution in [0.25, 0.3) is 33.1 Å². The second kappa shape index (κ2) is 8.22. The molecular formula is C25H22BrNO5. The van der Waals surface area contributed by atoms with Crippen LogP contribution in [-0.2, 0) is 6.54 Å². The molecule has 3 heterocycles. The first-order valence-electron chi connectivity index (χ1n) is 10.7. The lowest BCUT2D eigenvalue weighted by atomic mass is 9.98. The van der Waals surface area contributed by atoms with Gasteiger partial charge in [0.05, 0.1) is 11.1 Å². The zero-order valence-electron chi connectivity index (χ0n) is 17.6. The zero-order chi connectivity index (χ0) is 22.4. The fourth-order valence-electron chi connectivity index (χ4n) is 4.53. The first-order valence-corrected chi connectivity index (χ1v) is 11.5. The molecule has 2 aromatic heterocycles. The van der Waals surface area contributed by atoms with Crippen LogP contribution in [0.4, 0.5) is 0 Å². The third-order valence-corrected chi connectivity index (χ3v) is 6.77. The van der Waals surface area contributed by atoms with Gasteiger partial charge in [0.2, 0.25) is 0 Å². The lowest BCUT2D eigenvalue weighted by Crippen LogP contribution is -2.36. The van der Waals surface area contributed by atoms with E-state index in [1.165, 1.54) is 12.5 Å². The van der Waals surface area contributed by atoms with Crippen LogP contribution in [0.2, 0.25) is 0 Å². The van der Waals surface area contributed by atoms with Gasteiger partial charge in [-0.25, -0.2) is 9.59 Å². The van der Waals surface area contributed by atoms with Crippen molar-refractivity contribution in [2.75, 3.05) is 6.54 Å². The Bertz CT molecular complexity index is 1450. The predicted octanol–water partition coefficient (Wildman–Crippen LogP) is 5.41. The molecule has 0 bridgehead atoms. The van der Waals surface area contributed by atoms with Gasteiger partial charge in [-0.05, 0) is 62.7 Å². The SMILES string of the molecule is C[C@@H]1CCCCN1Cc1c(O)ccc2c(-c3cc4cc(Br)ccc4oc3=O)cc(=O)oc12. The number of piperidine rings is 1. The van der Waals surface area contributed by atoms with Gasteiger partial charge in [-0.1, -0.05) is 22.4 Å². The summed E-state index contributed by atoms with van der Waals surface area (Å²) < 4.78 is 11.9. The van der Waals surface area contributed by atoms with Gasteiger partial charge < -0.3 is 13.9 Å². The number of hydrogen-bond donors (Lipinski definition) is 1. The predicted molar refractivity (Wildman–Crippen MR) is 127 cm³/mol. The molecule has 1 atom stereocenters. The van der Waals surface area contributed by atoms with Crippen molar-refractivity contribution in [1.29, 1.82) is 0 Å². The minimum atomic E-state index is -0.584. The van der Waals surface area contributed by atoms with E-state index in [0.717, 1.165) is 29.2 Å². The van der Waals surface area contributed by atoms with Crippen molar-refractivity contribution in [2.24, 2.45) is 0 Å². The summed E-state index contributed by atoms with van der Waals surface area (Å²) in [6.45, 7) is 3.56. The van der Waals surface area contributed by atoms with E-state index in [2.05, 4.69) is 27.8 Å². The Hall–Kier alpha value is -2.90. The molecule has 0 spiro atoms. The van der Waals surface area contributed by atoms with E-state index >= 15 is 0 Å². The standard InChI is InChI=1S/C25H22BrNO5/c1-14-4-2-3-9-27(14)13-20-21(28)7-6-17-18(12-23(29)32-24(17)20)19-11-15-10-16(26)5-8-22(15)31-25(19)30/h5-8,10-12,14,28H,2-4,9,13H2,1H3/t14-/m1/s1. The highest BCUT2D eigenvalue weighted by molar-refractivity contribution is 9.10. The van der Waals surface area contributed by atoms with E-state index in [4.69, 9.17) is 8.83 Å². The number of fused-ring (bicyclic) bond motifs is 2. The molecule has 0 amide bonds. The molecule has 0 aliphatic carbocycles. The molecule has 0 saturated carbocycles. The van der Waals surface area contributed by atoms with Crippen molar-refractivity contribution in [3.05, 3.63) is 73.3 Å². The molecular weight excluding hydrogens is 474 g/mol. The highest BCUT2D eigenvalue weighted by Gasteiger charge is 2.23. The van der Waals surface area contributed by atoms with Crippen molar-refractivity contribution in [1.82, 2.24) is 4.90 Å². The van der Waals surface area contributed by atoms with E-state index in [1.807, 2.05) is 6.07 Å². The van der Waals surface area contributed by atoms with Gasteiger partial charge in [0.25, 0.3) is 0 Å². The van der Waals surface area contributed by atoms with Crippen molar-refractivity contribution in [2.45, 2.75) is 38.8 Å². The molecule has 1 aliphatic rings. The minimum absolute atomic E-state index is 0.0741. The maximum Gasteiger partial charge on any atom is 0.344 e. The summed E-state index contributed by atoms with van der Waals surface area (Å²) in [6.07, 6.45) is 3.37. The largest absolute Gasteiger partial charge is 0.507 e. The Kier molecular flexibility index (Phi) is 5.39. The summed E-state index contributed by atoms with van der Waals surface area (Å²) in [5.41, 5.74) is 0.913. The van der Waals surface area contributed by atoms with Crippen molar-refractivity contribution in [3.63, 3.8) is 0 Å². The van der Waals surface area contributed by atoms with Crippen molar-refractivity contribution in [3.8, 4) is 16.9 Å². The van der Waals surface area contributed by atoms with Crippen LogP contribution in [0, 0.1) is 0 Å². The van der Waals surface area contributed by atoms with Crippen LogP contribution in [0.1, 0.15) is 31.7 Å². The zero-order valence-corrected chi connectivity index (χ0v) is 19.1. The van der Waals surface area contributed by atoms with E-state index in [9.17, 15) is 14.7 Å². The second-order valence-corrected chi connectivity index (χ2v) is 9.28. The Morgan fingerprint density at radius 2 is 1.91 bits per heavy atom. The van der Waals surface area contributed by atoms with E-state index in [-0.39, 0.29) is 11.3 Å². The van der Waals surface area contributed by atoms with E-state index < -0.39 is 11.3 Å². The number of aromatic hydroxyl groups is 1. The molecule has 0 radical (unpaired) electrons. The van der Waals surface area contributed by atoms with Crippen LogP contribution in [-0.4, -0.2) is 22.6 Å². The molecule has 2 aromatic carbocycles. The number of nitrogens with zero attached hydrogens (tertiary/aromatic N) is 1. The number of hydrogen-bond acceptors (Lipinski definition) is 6. The maximum absolute atomic E-state index is 12.8. The summed E-state index contributed by atoms with van der Waals surface area (Å²) in [7, 11) is 0. The average Bonchev–Trinajstić information content (AvgIpc) is 2.76. The maximum atomic E-state index is 12.8. The molecule has 1 aliphatic heterocycles. The third kappa shape index (κ3) is 3.76. The molecule has 6 nitrogen and oxygen atoms in total. The monoisotopic (exact) mass is 495 g/mol. The Balaban J connectivity index is 1.72. The molecule has 1 saturated heterocycles. The number of benzene rings is 2. The smallest absolute Gasteiger partial charge is 0.344 e. The highest BCUT2D eigenvalue weighted by atomic mass is 79.9. The van der Waals surface area contributed by atoms with Gasteiger partial charge in [-0.2, -0.15) is 0 Å². The first-order chi connectivity index (χ1) is 15.4. The fraction of sp³-hybridized carbons (Fsp3) is 0.280. The van der Waals surface area contributed by atoms with Crippen molar-refractivity contribution >= 4 is 37.9 Å². The normalized spacial score (nSPS) is 17.2. The molecule has 7 heteroatoms. The lowest BCUT2D eigenvalue weighted by molar-refractivity contribution is 0.151.